The number of carbonyl (C=O) groups is 1. The van der Waals surface area contributed by atoms with Gasteiger partial charge in [0.15, 0.2) is 18.2 Å². The maximum Gasteiger partial charge on any atom is 0.263 e. The van der Waals surface area contributed by atoms with Gasteiger partial charge in [-0.15, -0.1) is 0 Å². The van der Waals surface area contributed by atoms with Crippen LogP contribution in [0.1, 0.15) is 0 Å². The molecule has 0 aliphatic carbocycles. The summed E-state index contributed by atoms with van der Waals surface area (Å²) in [5, 5.41) is 2.51. The number of nitrogens with two attached hydrogens (primary N) is 1. The summed E-state index contributed by atoms with van der Waals surface area (Å²) in [6, 6.07) is 0. The number of aromatic nitrogens is 2. The minimum absolute atomic E-state index is 0.000276. The van der Waals surface area contributed by atoms with Gasteiger partial charge in [0, 0.05) is 0 Å². The molecule has 1 aromatic rings. The van der Waals surface area contributed by atoms with Gasteiger partial charge >= 0.3 is 0 Å². The molecule has 2 heterocycles. The third-order valence-corrected chi connectivity index (χ3v) is 1.39. The Morgan fingerprint density at radius 1 is 1.67 bits per heavy atom. The summed E-state index contributed by atoms with van der Waals surface area (Å²) in [6.07, 6.45) is 1.43. The predicted octanol–water partition coefficient (Wildman–Crippen LogP) is -0.610. The molecule has 0 bridgehead atoms. The van der Waals surface area contributed by atoms with Gasteiger partial charge in [-0.2, -0.15) is 4.98 Å². The van der Waals surface area contributed by atoms with Crippen LogP contribution >= 0.6 is 0 Å². The van der Waals surface area contributed by atoms with Crippen molar-refractivity contribution >= 4 is 17.7 Å². The second kappa shape index (κ2) is 2.33. The van der Waals surface area contributed by atoms with E-state index < -0.39 is 0 Å². The number of carbonyl (C=O) groups excluding carboxylic acids is 1. The Hall–Kier alpha value is -1.85. The molecule has 12 heavy (non-hydrogen) atoms. The van der Waals surface area contributed by atoms with Crippen molar-refractivity contribution in [3.8, 4) is 5.75 Å². The lowest BCUT2D eigenvalue weighted by molar-refractivity contribution is -0.118. The molecule has 3 N–H and O–H groups in total. The molecule has 6 nitrogen and oxygen atoms in total. The highest BCUT2D eigenvalue weighted by molar-refractivity contribution is 5.94. The number of nitrogens with zero attached hydrogens (tertiary/aromatic N) is 2. The van der Waals surface area contributed by atoms with Crippen molar-refractivity contribution in [2.75, 3.05) is 17.7 Å². The van der Waals surface area contributed by atoms with Crippen molar-refractivity contribution < 1.29 is 9.53 Å². The van der Waals surface area contributed by atoms with E-state index in [1.807, 2.05) is 0 Å². The summed E-state index contributed by atoms with van der Waals surface area (Å²) in [6.45, 7) is 0.000276. The highest BCUT2D eigenvalue weighted by Gasteiger charge is 2.17. The van der Waals surface area contributed by atoms with Gasteiger partial charge in [-0.3, -0.25) is 4.79 Å². The zero-order valence-corrected chi connectivity index (χ0v) is 6.07. The number of ether oxygens (including phenoxy) is 1. The van der Waals surface area contributed by atoms with Crippen LogP contribution in [0.3, 0.4) is 0 Å². The molecule has 0 aromatic carbocycles. The average Bonchev–Trinajstić information content (AvgIpc) is 2.03. The molecule has 62 valence electrons. The largest absolute Gasteiger partial charge is 0.478 e. The second-order valence-corrected chi connectivity index (χ2v) is 2.28. The Morgan fingerprint density at radius 2 is 2.50 bits per heavy atom. The first kappa shape index (κ1) is 6.84. The fourth-order valence-corrected chi connectivity index (χ4v) is 0.891. The van der Waals surface area contributed by atoms with Gasteiger partial charge in [0.1, 0.15) is 0 Å². The quantitative estimate of drug-likeness (QED) is 0.536. The number of hydrogen-bond acceptors (Lipinski definition) is 5. The molecule has 0 unspecified atom stereocenters. The molecule has 0 atom stereocenters. The van der Waals surface area contributed by atoms with Crippen molar-refractivity contribution in [3.05, 3.63) is 6.20 Å². The zero-order valence-electron chi connectivity index (χ0n) is 6.07. The molecule has 6 heteroatoms. The second-order valence-electron chi connectivity index (χ2n) is 2.28. The van der Waals surface area contributed by atoms with E-state index in [1.165, 1.54) is 6.20 Å². The van der Waals surface area contributed by atoms with Crippen LogP contribution in [-0.4, -0.2) is 22.5 Å². The predicted molar refractivity (Wildman–Crippen MR) is 40.6 cm³/mol. The molecule has 1 aliphatic rings. The van der Waals surface area contributed by atoms with E-state index >= 15 is 0 Å². The summed E-state index contributed by atoms with van der Waals surface area (Å²) in [4.78, 5) is 18.3. The molecule has 2 rings (SSSR count). The van der Waals surface area contributed by atoms with Crippen molar-refractivity contribution in [1.82, 2.24) is 9.97 Å². The summed E-state index contributed by atoms with van der Waals surface area (Å²) >= 11 is 0. The third-order valence-electron chi connectivity index (χ3n) is 1.39. The zero-order chi connectivity index (χ0) is 8.55. The van der Waals surface area contributed by atoms with E-state index in [2.05, 4.69) is 15.3 Å². The van der Waals surface area contributed by atoms with Crippen LogP contribution in [0.25, 0.3) is 0 Å². The molecule has 1 aromatic heterocycles. The molecular formula is C6H6N4O2. The Balaban J connectivity index is 2.44. The van der Waals surface area contributed by atoms with Crippen LogP contribution in [0, 0.1) is 0 Å². The van der Waals surface area contributed by atoms with Gasteiger partial charge in [-0.25, -0.2) is 4.98 Å². The molecule has 0 saturated carbocycles. The lowest BCUT2D eigenvalue weighted by Gasteiger charge is -2.15. The summed E-state index contributed by atoms with van der Waals surface area (Å²) < 4.78 is 5.00. The Morgan fingerprint density at radius 3 is 3.33 bits per heavy atom. The first-order chi connectivity index (χ1) is 5.75. The van der Waals surface area contributed by atoms with Crippen molar-refractivity contribution in [2.45, 2.75) is 0 Å². The minimum Gasteiger partial charge on any atom is -0.478 e. The number of nitrogen functional groups attached to an aromatic ring is 1. The number of nitrogens with one attached hydrogen (secondary N) is 1. The Bertz CT molecular complexity index is 338. The molecule has 1 aliphatic heterocycles. The number of anilines is 2. The maximum absolute atomic E-state index is 10.8. The van der Waals surface area contributed by atoms with Gasteiger partial charge in [-0.1, -0.05) is 0 Å². The van der Waals surface area contributed by atoms with Gasteiger partial charge in [0.05, 0.1) is 6.20 Å². The molecule has 0 fully saturated rings. The molecule has 0 spiro atoms. The van der Waals surface area contributed by atoms with Crippen LogP contribution < -0.4 is 15.8 Å². The Labute approximate surface area is 67.8 Å². The van der Waals surface area contributed by atoms with Crippen molar-refractivity contribution in [1.29, 1.82) is 0 Å². The van der Waals surface area contributed by atoms with Gasteiger partial charge in [-0.05, 0) is 0 Å². The van der Waals surface area contributed by atoms with E-state index in [0.717, 1.165) is 0 Å². The third kappa shape index (κ3) is 1.03. The molecule has 0 radical (unpaired) electrons. The lowest BCUT2D eigenvalue weighted by atomic mass is 10.4. The van der Waals surface area contributed by atoms with Gasteiger partial charge in [0.2, 0.25) is 5.95 Å². The number of hydrogen-bond donors (Lipinski definition) is 2. The fourth-order valence-electron chi connectivity index (χ4n) is 0.891. The molecule has 1 amide bonds. The number of amides is 1. The van der Waals surface area contributed by atoms with E-state index in [-0.39, 0.29) is 18.5 Å². The van der Waals surface area contributed by atoms with Crippen LogP contribution in [0.2, 0.25) is 0 Å². The maximum atomic E-state index is 10.8. The summed E-state index contributed by atoms with van der Waals surface area (Å²) in [5.41, 5.74) is 5.30. The van der Waals surface area contributed by atoms with Crippen LogP contribution in [0.4, 0.5) is 11.8 Å². The van der Waals surface area contributed by atoms with Crippen molar-refractivity contribution in [2.24, 2.45) is 0 Å². The highest BCUT2D eigenvalue weighted by Crippen LogP contribution is 2.23. The number of fused-ring (bicyclic) bond motifs is 1. The monoisotopic (exact) mass is 166 g/mol. The van der Waals surface area contributed by atoms with E-state index in [1.54, 1.807) is 0 Å². The molecular weight excluding hydrogens is 160 g/mol. The van der Waals surface area contributed by atoms with Gasteiger partial charge in [0.25, 0.3) is 5.91 Å². The van der Waals surface area contributed by atoms with E-state index in [0.29, 0.717) is 11.6 Å². The lowest BCUT2D eigenvalue weighted by Crippen LogP contribution is -2.26. The molecule has 0 saturated heterocycles. The van der Waals surface area contributed by atoms with E-state index in [9.17, 15) is 4.79 Å². The normalized spacial score (nSPS) is 14.5. The fraction of sp³-hybridized carbons (Fsp3) is 0.167. The highest BCUT2D eigenvalue weighted by atomic mass is 16.5. The van der Waals surface area contributed by atoms with E-state index in [4.69, 9.17) is 10.5 Å². The summed E-state index contributed by atoms with van der Waals surface area (Å²) in [5.74, 6) is 0.655. The van der Waals surface area contributed by atoms with Crippen molar-refractivity contribution in [3.63, 3.8) is 0 Å². The standard InChI is InChI=1S/C6H6N4O2/c7-6-8-1-3-5(10-6)9-4(11)2-12-3/h1H,2H2,(H3,7,8,9,10,11). The first-order valence-electron chi connectivity index (χ1n) is 3.31. The van der Waals surface area contributed by atoms with Crippen LogP contribution in [0.15, 0.2) is 6.20 Å². The first-order valence-corrected chi connectivity index (χ1v) is 3.31. The van der Waals surface area contributed by atoms with Crippen LogP contribution in [-0.2, 0) is 4.79 Å². The Kier molecular flexibility index (Phi) is 1.33. The number of rotatable bonds is 0. The summed E-state index contributed by atoms with van der Waals surface area (Å²) in [7, 11) is 0. The van der Waals surface area contributed by atoms with Gasteiger partial charge < -0.3 is 15.8 Å². The smallest absolute Gasteiger partial charge is 0.263 e. The van der Waals surface area contributed by atoms with Crippen LogP contribution in [0.5, 0.6) is 5.75 Å². The SMILES string of the molecule is Nc1ncc2c(n1)NC(=O)CO2. The minimum atomic E-state index is -0.236. The topological polar surface area (TPSA) is 90.1 Å². The average molecular weight is 166 g/mol.